The summed E-state index contributed by atoms with van der Waals surface area (Å²) in [4.78, 5) is 18.4. The molecule has 140 valence electrons. The number of likely N-dealkylation sites (N-methyl/N-ethyl adjacent to an activating group) is 1. The highest BCUT2D eigenvalue weighted by Crippen LogP contribution is 2.14. The van der Waals surface area contributed by atoms with E-state index >= 15 is 0 Å². The van der Waals surface area contributed by atoms with E-state index in [1.807, 2.05) is 60.3 Å². The van der Waals surface area contributed by atoms with Gasteiger partial charge in [0.15, 0.2) is 0 Å². The van der Waals surface area contributed by atoms with Gasteiger partial charge in [-0.3, -0.25) is 0 Å². The normalized spacial score (nSPS) is 11.6. The Labute approximate surface area is 159 Å². The summed E-state index contributed by atoms with van der Waals surface area (Å²) in [5.74, 6) is 0. The zero-order valence-electron chi connectivity index (χ0n) is 15.7. The molecular formula is C21H25N5O. The van der Waals surface area contributed by atoms with Crippen LogP contribution >= 0.6 is 0 Å². The van der Waals surface area contributed by atoms with Crippen LogP contribution in [0.5, 0.6) is 0 Å². The first kappa shape index (κ1) is 18.5. The smallest absolute Gasteiger partial charge is 0.319 e. The van der Waals surface area contributed by atoms with Crippen LogP contribution in [0.1, 0.15) is 12.5 Å². The molecule has 1 heterocycles. The second-order valence-electron chi connectivity index (χ2n) is 6.57. The van der Waals surface area contributed by atoms with Crippen molar-refractivity contribution in [1.82, 2.24) is 14.9 Å². The highest BCUT2D eigenvalue weighted by atomic mass is 16.2. The number of nitrogens with zero attached hydrogens (tertiary/aromatic N) is 3. The van der Waals surface area contributed by atoms with Gasteiger partial charge in [0.1, 0.15) is 0 Å². The average molecular weight is 363 g/mol. The highest BCUT2D eigenvalue weighted by molar-refractivity contribution is 5.89. The number of nitrogens with one attached hydrogen (secondary N) is 2. The van der Waals surface area contributed by atoms with Crippen LogP contribution < -0.4 is 15.5 Å². The van der Waals surface area contributed by atoms with E-state index in [0.717, 1.165) is 23.5 Å². The van der Waals surface area contributed by atoms with E-state index in [9.17, 15) is 4.79 Å². The second-order valence-corrected chi connectivity index (χ2v) is 6.57. The lowest BCUT2D eigenvalue weighted by Crippen LogP contribution is -2.41. The molecule has 2 amide bonds. The molecule has 3 rings (SSSR count). The number of hydrogen-bond acceptors (Lipinski definition) is 3. The molecule has 0 fully saturated rings. The number of rotatable bonds is 7. The molecule has 2 N–H and O–H groups in total. The summed E-state index contributed by atoms with van der Waals surface area (Å²) in [5, 5.41) is 5.84. The number of hydrogen-bond donors (Lipinski definition) is 2. The van der Waals surface area contributed by atoms with Gasteiger partial charge in [-0.25, -0.2) is 9.78 Å². The van der Waals surface area contributed by atoms with Crippen molar-refractivity contribution in [3.05, 3.63) is 78.9 Å². The minimum Gasteiger partial charge on any atom is -0.370 e. The summed E-state index contributed by atoms with van der Waals surface area (Å²) >= 11 is 0. The van der Waals surface area contributed by atoms with Crippen molar-refractivity contribution in [2.45, 2.75) is 19.5 Å². The van der Waals surface area contributed by atoms with Crippen LogP contribution in [0.2, 0.25) is 0 Å². The Hall–Kier alpha value is -3.28. The lowest BCUT2D eigenvalue weighted by atomic mass is 10.2. The number of para-hydroxylation sites is 1. The Balaban J connectivity index is 1.50. The Morgan fingerprint density at radius 3 is 2.74 bits per heavy atom. The molecule has 6 heteroatoms. The number of carbonyl (C=O) groups excluding carboxylic acids is 1. The molecule has 0 aliphatic carbocycles. The first-order valence-corrected chi connectivity index (χ1v) is 8.99. The SMILES string of the molecule is C[C@@H](CNC(=O)Nc1cccc(Cn2ccnc2)c1)N(C)c1ccccc1. The fourth-order valence-corrected chi connectivity index (χ4v) is 2.81. The third-order valence-corrected chi connectivity index (χ3v) is 4.49. The van der Waals surface area contributed by atoms with Crippen LogP contribution in [0, 0.1) is 0 Å². The van der Waals surface area contributed by atoms with Crippen LogP contribution in [-0.2, 0) is 6.54 Å². The molecule has 0 bridgehead atoms. The van der Waals surface area contributed by atoms with Gasteiger partial charge in [-0.15, -0.1) is 0 Å². The molecule has 0 saturated carbocycles. The molecule has 0 saturated heterocycles. The van der Waals surface area contributed by atoms with Crippen LogP contribution in [0.4, 0.5) is 16.2 Å². The molecule has 0 aliphatic heterocycles. The minimum absolute atomic E-state index is 0.172. The van der Waals surface area contributed by atoms with Crippen molar-refractivity contribution >= 4 is 17.4 Å². The Bertz CT molecular complexity index is 848. The Kier molecular flexibility index (Phi) is 6.10. The fourth-order valence-electron chi connectivity index (χ4n) is 2.81. The van der Waals surface area contributed by atoms with Crippen molar-refractivity contribution in [3.8, 4) is 0 Å². The number of amides is 2. The molecule has 2 aromatic carbocycles. The van der Waals surface area contributed by atoms with E-state index in [4.69, 9.17) is 0 Å². The van der Waals surface area contributed by atoms with Crippen molar-refractivity contribution in [1.29, 1.82) is 0 Å². The minimum atomic E-state index is -0.205. The van der Waals surface area contributed by atoms with Gasteiger partial charge in [0, 0.05) is 49.9 Å². The zero-order valence-corrected chi connectivity index (χ0v) is 15.7. The fraction of sp³-hybridized carbons (Fsp3) is 0.238. The molecule has 0 spiro atoms. The molecule has 27 heavy (non-hydrogen) atoms. The lowest BCUT2D eigenvalue weighted by Gasteiger charge is -2.27. The van der Waals surface area contributed by atoms with Gasteiger partial charge >= 0.3 is 6.03 Å². The molecular weight excluding hydrogens is 338 g/mol. The summed E-state index contributed by atoms with van der Waals surface area (Å²) in [7, 11) is 2.03. The van der Waals surface area contributed by atoms with Crippen molar-refractivity contribution in [2.24, 2.45) is 0 Å². The third-order valence-electron chi connectivity index (χ3n) is 4.49. The number of benzene rings is 2. The van der Waals surface area contributed by atoms with Crippen LogP contribution in [0.15, 0.2) is 73.3 Å². The van der Waals surface area contributed by atoms with Gasteiger partial charge < -0.3 is 20.1 Å². The lowest BCUT2D eigenvalue weighted by molar-refractivity contribution is 0.251. The van der Waals surface area contributed by atoms with Gasteiger partial charge in [-0.2, -0.15) is 0 Å². The Morgan fingerprint density at radius 2 is 2.00 bits per heavy atom. The van der Waals surface area contributed by atoms with Crippen molar-refractivity contribution in [3.63, 3.8) is 0 Å². The maximum Gasteiger partial charge on any atom is 0.319 e. The maximum absolute atomic E-state index is 12.2. The third kappa shape index (κ3) is 5.34. The standard InChI is InChI=1S/C21H25N5O/c1-17(25(2)20-9-4-3-5-10-20)14-23-21(27)24-19-8-6-7-18(13-19)15-26-12-11-22-16-26/h3-13,16-17H,14-15H2,1-2H3,(H2,23,24,27)/t17-/m0/s1. The van der Waals surface area contributed by atoms with Crippen molar-refractivity contribution in [2.75, 3.05) is 23.8 Å². The van der Waals surface area contributed by atoms with Crippen molar-refractivity contribution < 1.29 is 4.79 Å². The largest absolute Gasteiger partial charge is 0.370 e. The molecule has 0 radical (unpaired) electrons. The van der Waals surface area contributed by atoms with E-state index in [1.54, 1.807) is 12.5 Å². The summed E-state index contributed by atoms with van der Waals surface area (Å²) in [6.45, 7) is 3.35. The monoisotopic (exact) mass is 363 g/mol. The summed E-state index contributed by atoms with van der Waals surface area (Å²) in [5.41, 5.74) is 3.00. The molecule has 1 aromatic heterocycles. The summed E-state index contributed by atoms with van der Waals surface area (Å²) in [6.07, 6.45) is 5.44. The number of anilines is 2. The topological polar surface area (TPSA) is 62.2 Å². The van der Waals surface area contributed by atoms with Gasteiger partial charge in [-0.05, 0) is 36.8 Å². The quantitative estimate of drug-likeness (QED) is 0.674. The maximum atomic E-state index is 12.2. The van der Waals surface area contributed by atoms with E-state index < -0.39 is 0 Å². The first-order valence-electron chi connectivity index (χ1n) is 8.99. The zero-order chi connectivity index (χ0) is 19.1. The molecule has 0 aliphatic rings. The second kappa shape index (κ2) is 8.89. The number of carbonyl (C=O) groups is 1. The van der Waals surface area contributed by atoms with E-state index in [-0.39, 0.29) is 12.1 Å². The predicted molar refractivity (Wildman–Crippen MR) is 109 cm³/mol. The van der Waals surface area contributed by atoms with Gasteiger partial charge in [0.05, 0.1) is 6.33 Å². The van der Waals surface area contributed by atoms with Crippen LogP contribution in [0.25, 0.3) is 0 Å². The first-order chi connectivity index (χ1) is 13.1. The molecule has 1 atom stereocenters. The van der Waals surface area contributed by atoms with E-state index in [1.165, 1.54) is 0 Å². The van der Waals surface area contributed by atoms with Crippen LogP contribution in [-0.4, -0.2) is 35.2 Å². The van der Waals surface area contributed by atoms with Gasteiger partial charge in [0.2, 0.25) is 0 Å². The highest BCUT2D eigenvalue weighted by Gasteiger charge is 2.11. The summed E-state index contributed by atoms with van der Waals surface area (Å²) < 4.78 is 1.99. The Morgan fingerprint density at radius 1 is 1.19 bits per heavy atom. The van der Waals surface area contributed by atoms with E-state index in [0.29, 0.717) is 6.54 Å². The molecule has 6 nitrogen and oxygen atoms in total. The van der Waals surface area contributed by atoms with Crippen LogP contribution in [0.3, 0.4) is 0 Å². The number of aromatic nitrogens is 2. The molecule has 3 aromatic rings. The molecule has 0 unspecified atom stereocenters. The van der Waals surface area contributed by atoms with Gasteiger partial charge in [0.25, 0.3) is 0 Å². The number of urea groups is 1. The number of imidazole rings is 1. The summed E-state index contributed by atoms with van der Waals surface area (Å²) in [6, 6.07) is 17.9. The van der Waals surface area contributed by atoms with Gasteiger partial charge in [-0.1, -0.05) is 30.3 Å². The average Bonchev–Trinajstić information content (AvgIpc) is 3.19. The predicted octanol–water partition coefficient (Wildman–Crippen LogP) is 3.58. The van der Waals surface area contributed by atoms with E-state index in [2.05, 4.69) is 39.6 Å².